The Morgan fingerprint density at radius 1 is 1.40 bits per heavy atom. The van der Waals surface area contributed by atoms with Crippen LogP contribution in [0.15, 0.2) is 36.5 Å². The number of nitrogens with two attached hydrogens (primary N) is 1. The average molecular weight is 295 g/mol. The van der Waals surface area contributed by atoms with Crippen LogP contribution >= 0.6 is 11.6 Å². The predicted molar refractivity (Wildman–Crippen MR) is 77.3 cm³/mol. The zero-order chi connectivity index (χ0) is 14.5. The van der Waals surface area contributed by atoms with Crippen LogP contribution in [0.25, 0.3) is 5.69 Å². The monoisotopic (exact) mass is 294 g/mol. The molecule has 1 amide bonds. The lowest BCUT2D eigenvalue weighted by Crippen LogP contribution is -2.20. The highest BCUT2D eigenvalue weighted by atomic mass is 35.5. The highest BCUT2D eigenvalue weighted by Crippen LogP contribution is 2.13. The van der Waals surface area contributed by atoms with E-state index in [2.05, 4.69) is 10.4 Å². The van der Waals surface area contributed by atoms with Gasteiger partial charge in [-0.3, -0.25) is 4.79 Å². The van der Waals surface area contributed by atoms with Crippen molar-refractivity contribution < 1.29 is 9.90 Å². The van der Waals surface area contributed by atoms with E-state index in [0.717, 1.165) is 11.4 Å². The van der Waals surface area contributed by atoms with Crippen molar-refractivity contribution in [3.05, 3.63) is 42.2 Å². The Labute approximate surface area is 121 Å². The fraction of sp³-hybridized carbons (Fsp3) is 0.231. The lowest BCUT2D eigenvalue weighted by atomic mass is 10.2. The first-order valence-electron chi connectivity index (χ1n) is 6.04. The molecule has 0 saturated carbocycles. The molecule has 0 aliphatic heterocycles. The highest BCUT2D eigenvalue weighted by Gasteiger charge is 2.06. The number of hydrogen-bond donors (Lipinski definition) is 3. The van der Waals surface area contributed by atoms with Crippen molar-refractivity contribution in [2.45, 2.75) is 6.10 Å². The second-order valence-corrected chi connectivity index (χ2v) is 4.55. The molecule has 1 atom stereocenters. The SMILES string of the molecule is NC(=O)c1ccn(-c2ccc(NCC(O)CCl)cc2)n1. The molecule has 4 N–H and O–H groups in total. The summed E-state index contributed by atoms with van der Waals surface area (Å²) in [6.45, 7) is 0.385. The average Bonchev–Trinajstić information content (AvgIpc) is 2.95. The molecule has 0 aliphatic rings. The van der Waals surface area contributed by atoms with Gasteiger partial charge in [0, 0.05) is 18.4 Å². The molecule has 1 unspecified atom stereocenters. The lowest BCUT2D eigenvalue weighted by molar-refractivity contribution is 0.0995. The summed E-state index contributed by atoms with van der Waals surface area (Å²) in [5.41, 5.74) is 7.04. The number of carbonyl (C=O) groups excluding carboxylic acids is 1. The third-order valence-electron chi connectivity index (χ3n) is 2.69. The Kier molecular flexibility index (Phi) is 4.60. The Bertz CT molecular complexity index is 582. The molecular weight excluding hydrogens is 280 g/mol. The van der Waals surface area contributed by atoms with Crippen LogP contribution in [0, 0.1) is 0 Å². The van der Waals surface area contributed by atoms with E-state index >= 15 is 0 Å². The standard InChI is InChI=1S/C13H15ClN4O2/c14-7-11(19)8-16-9-1-3-10(4-2-9)18-6-5-12(17-18)13(15)20/h1-6,11,16,19H,7-8H2,(H2,15,20). The molecule has 0 saturated heterocycles. The van der Waals surface area contributed by atoms with Crippen LogP contribution in [0.1, 0.15) is 10.5 Å². The van der Waals surface area contributed by atoms with Gasteiger partial charge in [-0.15, -0.1) is 11.6 Å². The molecule has 20 heavy (non-hydrogen) atoms. The van der Waals surface area contributed by atoms with E-state index in [1.165, 1.54) is 0 Å². The Morgan fingerprint density at radius 3 is 2.65 bits per heavy atom. The number of aromatic nitrogens is 2. The zero-order valence-electron chi connectivity index (χ0n) is 10.7. The number of halogens is 1. The van der Waals surface area contributed by atoms with Gasteiger partial charge in [-0.1, -0.05) is 0 Å². The van der Waals surface area contributed by atoms with Gasteiger partial charge >= 0.3 is 0 Å². The largest absolute Gasteiger partial charge is 0.390 e. The van der Waals surface area contributed by atoms with Gasteiger partial charge in [0.05, 0.1) is 17.7 Å². The van der Waals surface area contributed by atoms with Gasteiger partial charge in [-0.25, -0.2) is 4.68 Å². The van der Waals surface area contributed by atoms with E-state index in [4.69, 9.17) is 17.3 Å². The smallest absolute Gasteiger partial charge is 0.269 e. The molecule has 1 heterocycles. The second kappa shape index (κ2) is 6.40. The van der Waals surface area contributed by atoms with Gasteiger partial charge < -0.3 is 16.2 Å². The van der Waals surface area contributed by atoms with E-state index in [0.29, 0.717) is 6.54 Å². The maximum atomic E-state index is 11.0. The van der Waals surface area contributed by atoms with Gasteiger partial charge in [0.1, 0.15) is 5.69 Å². The summed E-state index contributed by atoms with van der Waals surface area (Å²) in [7, 11) is 0. The molecule has 0 bridgehead atoms. The van der Waals surface area contributed by atoms with E-state index in [-0.39, 0.29) is 11.6 Å². The number of benzene rings is 1. The number of anilines is 1. The number of carbonyl (C=O) groups is 1. The van der Waals surface area contributed by atoms with Crippen LogP contribution in [0.3, 0.4) is 0 Å². The number of primary amides is 1. The topological polar surface area (TPSA) is 93.2 Å². The van der Waals surface area contributed by atoms with Gasteiger partial charge in [0.25, 0.3) is 5.91 Å². The first-order chi connectivity index (χ1) is 9.60. The summed E-state index contributed by atoms with van der Waals surface area (Å²) in [4.78, 5) is 11.0. The maximum absolute atomic E-state index is 11.0. The summed E-state index contributed by atoms with van der Waals surface area (Å²) in [5, 5.41) is 16.5. The Balaban J connectivity index is 2.05. The summed E-state index contributed by atoms with van der Waals surface area (Å²) in [6.07, 6.45) is 1.08. The molecule has 0 radical (unpaired) electrons. The fourth-order valence-electron chi connectivity index (χ4n) is 1.62. The molecule has 0 fully saturated rings. The van der Waals surface area contributed by atoms with Crippen LogP contribution in [0.5, 0.6) is 0 Å². The second-order valence-electron chi connectivity index (χ2n) is 4.25. The third-order valence-corrected chi connectivity index (χ3v) is 3.05. The van der Waals surface area contributed by atoms with E-state index < -0.39 is 12.0 Å². The molecule has 6 nitrogen and oxygen atoms in total. The number of rotatable bonds is 6. The van der Waals surface area contributed by atoms with Crippen LogP contribution < -0.4 is 11.1 Å². The fourth-order valence-corrected chi connectivity index (χ4v) is 1.73. The zero-order valence-corrected chi connectivity index (χ0v) is 11.4. The number of hydrogen-bond acceptors (Lipinski definition) is 4. The van der Waals surface area contributed by atoms with Crippen molar-refractivity contribution in [2.24, 2.45) is 5.73 Å². The quantitative estimate of drug-likeness (QED) is 0.693. The van der Waals surface area contributed by atoms with Crippen LogP contribution in [0.2, 0.25) is 0 Å². The number of amides is 1. The summed E-state index contributed by atoms with van der Waals surface area (Å²) < 4.78 is 1.57. The number of alkyl halides is 1. The van der Waals surface area contributed by atoms with Gasteiger partial charge in [-0.05, 0) is 30.3 Å². The Hall–Kier alpha value is -2.05. The summed E-state index contributed by atoms with van der Waals surface area (Å²) in [6, 6.07) is 8.94. The van der Waals surface area contributed by atoms with E-state index in [1.54, 1.807) is 16.9 Å². The molecule has 1 aromatic carbocycles. The first kappa shape index (κ1) is 14.4. The van der Waals surface area contributed by atoms with Crippen molar-refractivity contribution in [3.63, 3.8) is 0 Å². The van der Waals surface area contributed by atoms with Crippen molar-refractivity contribution >= 4 is 23.2 Å². The highest BCUT2D eigenvalue weighted by molar-refractivity contribution is 6.18. The van der Waals surface area contributed by atoms with Gasteiger partial charge in [0.2, 0.25) is 0 Å². The van der Waals surface area contributed by atoms with E-state index in [9.17, 15) is 9.90 Å². The Morgan fingerprint density at radius 2 is 2.10 bits per heavy atom. The molecule has 2 rings (SSSR count). The van der Waals surface area contributed by atoms with Crippen LogP contribution in [-0.2, 0) is 0 Å². The first-order valence-corrected chi connectivity index (χ1v) is 6.57. The molecule has 1 aromatic heterocycles. The van der Waals surface area contributed by atoms with Gasteiger partial charge in [0.15, 0.2) is 0 Å². The van der Waals surface area contributed by atoms with Crippen LogP contribution in [0.4, 0.5) is 5.69 Å². The minimum Gasteiger partial charge on any atom is -0.390 e. The minimum absolute atomic E-state index is 0.189. The molecular formula is C13H15ClN4O2. The number of nitrogens with one attached hydrogen (secondary N) is 1. The molecule has 106 valence electrons. The minimum atomic E-state index is -0.583. The van der Waals surface area contributed by atoms with Crippen molar-refractivity contribution in [1.82, 2.24) is 9.78 Å². The van der Waals surface area contributed by atoms with Crippen molar-refractivity contribution in [1.29, 1.82) is 0 Å². The summed E-state index contributed by atoms with van der Waals surface area (Å²) >= 11 is 5.51. The van der Waals surface area contributed by atoms with E-state index in [1.807, 2.05) is 24.3 Å². The number of aliphatic hydroxyl groups is 1. The third kappa shape index (κ3) is 3.49. The van der Waals surface area contributed by atoms with Crippen LogP contribution in [-0.4, -0.2) is 39.3 Å². The molecule has 7 heteroatoms. The molecule has 0 spiro atoms. The van der Waals surface area contributed by atoms with Crippen molar-refractivity contribution in [2.75, 3.05) is 17.7 Å². The summed E-state index contributed by atoms with van der Waals surface area (Å²) in [5.74, 6) is -0.369. The lowest BCUT2D eigenvalue weighted by Gasteiger charge is -2.10. The molecule has 2 aromatic rings. The molecule has 0 aliphatic carbocycles. The normalized spacial score (nSPS) is 12.1. The number of aliphatic hydroxyl groups excluding tert-OH is 1. The van der Waals surface area contributed by atoms with Crippen molar-refractivity contribution in [3.8, 4) is 5.69 Å². The maximum Gasteiger partial charge on any atom is 0.269 e. The number of nitrogens with zero attached hydrogens (tertiary/aromatic N) is 2. The predicted octanol–water partition coefficient (Wildman–Crippen LogP) is 0.983. The van der Waals surface area contributed by atoms with Gasteiger partial charge in [-0.2, -0.15) is 5.10 Å².